The predicted molar refractivity (Wildman–Crippen MR) is 93.0 cm³/mol. The average Bonchev–Trinajstić information content (AvgIpc) is 2.99. The van der Waals surface area contributed by atoms with Crippen molar-refractivity contribution in [2.75, 3.05) is 5.43 Å². The third-order valence-electron chi connectivity index (χ3n) is 3.14. The molecule has 0 saturated carbocycles. The molecule has 2 aromatic carbocycles. The fourth-order valence-corrected chi connectivity index (χ4v) is 2.10. The molecule has 7 nitrogen and oxygen atoms in total. The molecule has 0 amide bonds. The maximum Gasteiger partial charge on any atom is 0.227 e. The van der Waals surface area contributed by atoms with Crippen molar-refractivity contribution in [3.05, 3.63) is 47.5 Å². The summed E-state index contributed by atoms with van der Waals surface area (Å²) in [5.74, 6) is 0.0707. The Bertz CT molecular complexity index is 984. The van der Waals surface area contributed by atoms with Crippen LogP contribution >= 0.6 is 11.6 Å². The Hall–Kier alpha value is -3.37. The topological polar surface area (TPSA) is 124 Å². The first-order chi connectivity index (χ1) is 11.6. The van der Waals surface area contributed by atoms with Gasteiger partial charge in [0.05, 0.1) is 5.69 Å². The van der Waals surface area contributed by atoms with E-state index in [2.05, 4.69) is 15.5 Å². The van der Waals surface area contributed by atoms with Gasteiger partial charge in [-0.2, -0.15) is 10.4 Å². The number of benzene rings is 2. The summed E-state index contributed by atoms with van der Waals surface area (Å²) in [5.41, 5.74) is 10.3. The molecule has 0 aliphatic heterocycles. The van der Waals surface area contributed by atoms with Crippen molar-refractivity contribution in [2.24, 2.45) is 10.8 Å². The number of nitrogens with zero attached hydrogens (tertiary/aromatic N) is 3. The van der Waals surface area contributed by atoms with Crippen LogP contribution in [-0.2, 0) is 0 Å². The highest BCUT2D eigenvalue weighted by Crippen LogP contribution is 2.27. The monoisotopic (exact) mass is 338 g/mol. The average molecular weight is 339 g/mol. The van der Waals surface area contributed by atoms with Crippen LogP contribution in [0.3, 0.4) is 0 Å². The second kappa shape index (κ2) is 6.40. The van der Waals surface area contributed by atoms with E-state index in [1.165, 1.54) is 0 Å². The van der Waals surface area contributed by atoms with Crippen LogP contribution in [0, 0.1) is 16.7 Å². The molecule has 0 radical (unpaired) electrons. The molecule has 0 unspecified atom stereocenters. The van der Waals surface area contributed by atoms with Gasteiger partial charge in [0, 0.05) is 10.6 Å². The van der Waals surface area contributed by atoms with E-state index in [-0.39, 0.29) is 5.71 Å². The van der Waals surface area contributed by atoms with E-state index in [4.69, 9.17) is 32.4 Å². The quantitative estimate of drug-likeness (QED) is 0.382. The maximum absolute atomic E-state index is 8.82. The number of aromatic nitrogens is 1. The highest BCUT2D eigenvalue weighted by Gasteiger charge is 2.09. The number of oxazole rings is 1. The second-order valence-electron chi connectivity index (χ2n) is 4.81. The SMILES string of the molecule is N#C/C(=N\Nc1ccc2oc(-c3ccc(Cl)cc3)nc2c1)C(=N)N. The second-order valence-corrected chi connectivity index (χ2v) is 5.24. The molecule has 0 saturated heterocycles. The number of nitrogens with two attached hydrogens (primary N) is 1. The Balaban J connectivity index is 1.90. The van der Waals surface area contributed by atoms with Gasteiger partial charge in [0.25, 0.3) is 0 Å². The third kappa shape index (κ3) is 3.19. The van der Waals surface area contributed by atoms with Crippen molar-refractivity contribution in [3.63, 3.8) is 0 Å². The number of anilines is 1. The van der Waals surface area contributed by atoms with Crippen LogP contribution in [0.4, 0.5) is 5.69 Å². The molecule has 8 heteroatoms. The summed E-state index contributed by atoms with van der Waals surface area (Å²) in [5, 5.41) is 20.4. The zero-order chi connectivity index (χ0) is 17.1. The number of halogens is 1. The van der Waals surface area contributed by atoms with Crippen molar-refractivity contribution < 1.29 is 4.42 Å². The van der Waals surface area contributed by atoms with E-state index >= 15 is 0 Å². The number of rotatable bonds is 4. The number of amidine groups is 1. The van der Waals surface area contributed by atoms with E-state index in [0.717, 1.165) is 5.56 Å². The summed E-state index contributed by atoms with van der Waals surface area (Å²) in [4.78, 5) is 4.43. The highest BCUT2D eigenvalue weighted by atomic mass is 35.5. The molecular weight excluding hydrogens is 328 g/mol. The van der Waals surface area contributed by atoms with E-state index in [1.54, 1.807) is 36.4 Å². The van der Waals surface area contributed by atoms with Gasteiger partial charge in [-0.05, 0) is 42.5 Å². The van der Waals surface area contributed by atoms with Crippen LogP contribution in [0.25, 0.3) is 22.6 Å². The van der Waals surface area contributed by atoms with Crippen LogP contribution in [0.15, 0.2) is 52.0 Å². The number of hydrazone groups is 1. The summed E-state index contributed by atoms with van der Waals surface area (Å²) in [6, 6.07) is 14.1. The van der Waals surface area contributed by atoms with Crippen molar-refractivity contribution in [2.45, 2.75) is 0 Å². The smallest absolute Gasteiger partial charge is 0.227 e. The molecule has 0 aliphatic rings. The van der Waals surface area contributed by atoms with Gasteiger partial charge in [0.2, 0.25) is 11.6 Å². The van der Waals surface area contributed by atoms with E-state index < -0.39 is 5.84 Å². The number of fused-ring (bicyclic) bond motifs is 1. The lowest BCUT2D eigenvalue weighted by atomic mass is 10.2. The Morgan fingerprint density at radius 1 is 1.29 bits per heavy atom. The summed E-state index contributed by atoms with van der Waals surface area (Å²) in [7, 11) is 0. The summed E-state index contributed by atoms with van der Waals surface area (Å²) in [6.45, 7) is 0. The minimum absolute atomic E-state index is 0.197. The van der Waals surface area contributed by atoms with Gasteiger partial charge >= 0.3 is 0 Å². The molecule has 1 aromatic heterocycles. The zero-order valence-electron chi connectivity index (χ0n) is 12.2. The molecule has 24 heavy (non-hydrogen) atoms. The number of nitrogens with one attached hydrogen (secondary N) is 2. The molecule has 0 spiro atoms. The third-order valence-corrected chi connectivity index (χ3v) is 3.39. The normalized spacial score (nSPS) is 11.2. The Labute approximate surface area is 141 Å². The van der Waals surface area contributed by atoms with Crippen LogP contribution in [-0.4, -0.2) is 16.5 Å². The van der Waals surface area contributed by atoms with Crippen molar-refractivity contribution in [3.8, 4) is 17.5 Å². The molecule has 0 aliphatic carbocycles. The molecule has 3 aromatic rings. The first-order valence-corrected chi connectivity index (χ1v) is 7.19. The highest BCUT2D eigenvalue weighted by molar-refractivity contribution is 6.45. The lowest BCUT2D eigenvalue weighted by Crippen LogP contribution is -2.21. The van der Waals surface area contributed by atoms with Crippen LogP contribution in [0.1, 0.15) is 0 Å². The van der Waals surface area contributed by atoms with Gasteiger partial charge in [0.15, 0.2) is 11.4 Å². The Kier molecular flexibility index (Phi) is 4.14. The van der Waals surface area contributed by atoms with Crippen LogP contribution in [0.5, 0.6) is 0 Å². The van der Waals surface area contributed by atoms with Gasteiger partial charge in [0.1, 0.15) is 11.6 Å². The van der Waals surface area contributed by atoms with Crippen molar-refractivity contribution in [1.29, 1.82) is 10.7 Å². The molecule has 118 valence electrons. The predicted octanol–water partition coefficient (Wildman–Crippen LogP) is 3.38. The molecule has 0 bridgehead atoms. The molecular formula is C16H11ClN6O. The van der Waals surface area contributed by atoms with Gasteiger partial charge in [-0.15, -0.1) is 0 Å². The Morgan fingerprint density at radius 3 is 2.71 bits per heavy atom. The largest absolute Gasteiger partial charge is 0.436 e. The van der Waals surface area contributed by atoms with Gasteiger partial charge in [-0.3, -0.25) is 10.8 Å². The van der Waals surface area contributed by atoms with Gasteiger partial charge in [-0.25, -0.2) is 4.98 Å². The minimum atomic E-state index is -0.405. The van der Waals surface area contributed by atoms with Gasteiger partial charge in [-0.1, -0.05) is 11.6 Å². The van der Waals surface area contributed by atoms with Gasteiger partial charge < -0.3 is 10.2 Å². The molecule has 0 fully saturated rings. The van der Waals surface area contributed by atoms with Crippen LogP contribution in [0.2, 0.25) is 5.02 Å². The fourth-order valence-electron chi connectivity index (χ4n) is 1.98. The van der Waals surface area contributed by atoms with Crippen molar-refractivity contribution >= 4 is 39.9 Å². The number of hydrogen-bond acceptors (Lipinski definition) is 6. The molecule has 3 rings (SSSR count). The summed E-state index contributed by atoms with van der Waals surface area (Å²) in [6.07, 6.45) is 0. The molecule has 0 atom stereocenters. The zero-order valence-corrected chi connectivity index (χ0v) is 13.0. The van der Waals surface area contributed by atoms with E-state index in [9.17, 15) is 0 Å². The van der Waals surface area contributed by atoms with Crippen LogP contribution < -0.4 is 11.2 Å². The Morgan fingerprint density at radius 2 is 2.04 bits per heavy atom. The number of nitriles is 1. The van der Waals surface area contributed by atoms with E-state index in [0.29, 0.717) is 27.7 Å². The molecule has 1 heterocycles. The summed E-state index contributed by atoms with van der Waals surface area (Å²) < 4.78 is 5.71. The minimum Gasteiger partial charge on any atom is -0.436 e. The summed E-state index contributed by atoms with van der Waals surface area (Å²) >= 11 is 5.87. The lowest BCUT2D eigenvalue weighted by Gasteiger charge is -2.00. The number of hydrogen-bond donors (Lipinski definition) is 3. The van der Waals surface area contributed by atoms with Crippen molar-refractivity contribution in [1.82, 2.24) is 4.98 Å². The first kappa shape index (κ1) is 15.5. The molecule has 4 N–H and O–H groups in total. The van der Waals surface area contributed by atoms with E-state index in [1.807, 2.05) is 12.1 Å². The maximum atomic E-state index is 8.82. The standard InChI is InChI=1S/C16H11ClN6O/c17-10-3-1-9(2-4-10)16-21-12-7-11(5-6-14(12)24-16)22-23-13(8-18)15(19)20/h1-7,22H,(H3,19,20)/b23-13+. The first-order valence-electron chi connectivity index (χ1n) is 6.81. The fraction of sp³-hybridized carbons (Fsp3) is 0. The lowest BCUT2D eigenvalue weighted by molar-refractivity contribution is 0.620.